The number of anilines is 2. The Hall–Kier alpha value is -1.96. The lowest BCUT2D eigenvalue weighted by molar-refractivity contribution is 0.698. The molecule has 0 heterocycles. The van der Waals surface area contributed by atoms with Crippen LogP contribution >= 0.6 is 0 Å². The van der Waals surface area contributed by atoms with E-state index in [1.165, 1.54) is 35.3 Å². The molecule has 2 aromatic carbocycles. The number of rotatable bonds is 8. The van der Waals surface area contributed by atoms with E-state index in [1.54, 1.807) is 0 Å². The fourth-order valence-electron chi connectivity index (χ4n) is 3.10. The minimum atomic E-state index is 0.461. The second-order valence-corrected chi connectivity index (χ2v) is 7.18. The molecule has 0 aromatic heterocycles. The maximum Gasteiger partial charge on any atom is 0.0342 e. The normalized spacial score (nSPS) is 11.3. The van der Waals surface area contributed by atoms with E-state index < -0.39 is 0 Å². The molecule has 0 saturated heterocycles. The van der Waals surface area contributed by atoms with Gasteiger partial charge in [-0.25, -0.2) is 0 Å². The third kappa shape index (κ3) is 5.30. The van der Waals surface area contributed by atoms with Crippen molar-refractivity contribution in [2.75, 3.05) is 10.6 Å². The molecule has 24 heavy (non-hydrogen) atoms. The average molecular weight is 325 g/mol. The van der Waals surface area contributed by atoms with E-state index in [4.69, 9.17) is 0 Å². The molecule has 0 spiro atoms. The zero-order valence-electron chi connectivity index (χ0n) is 15.8. The van der Waals surface area contributed by atoms with E-state index in [9.17, 15) is 0 Å². The van der Waals surface area contributed by atoms with Crippen molar-refractivity contribution in [3.63, 3.8) is 0 Å². The first kappa shape index (κ1) is 18.4. The van der Waals surface area contributed by atoms with Gasteiger partial charge in [0.1, 0.15) is 0 Å². The van der Waals surface area contributed by atoms with Crippen molar-refractivity contribution in [1.82, 2.24) is 0 Å². The lowest BCUT2D eigenvalue weighted by Crippen LogP contribution is -2.10. The Morgan fingerprint density at radius 2 is 1.04 bits per heavy atom. The van der Waals surface area contributed by atoms with E-state index >= 15 is 0 Å². The van der Waals surface area contributed by atoms with Crippen molar-refractivity contribution in [3.05, 3.63) is 59.7 Å². The maximum atomic E-state index is 3.46. The number of hydrogen-bond acceptors (Lipinski definition) is 2. The Kier molecular flexibility index (Phi) is 6.72. The lowest BCUT2D eigenvalue weighted by atomic mass is 9.87. The van der Waals surface area contributed by atoms with Crippen molar-refractivity contribution >= 4 is 11.4 Å². The van der Waals surface area contributed by atoms with Crippen LogP contribution in [0.3, 0.4) is 0 Å². The van der Waals surface area contributed by atoms with Gasteiger partial charge in [0, 0.05) is 29.4 Å². The van der Waals surface area contributed by atoms with Crippen molar-refractivity contribution in [2.45, 2.75) is 65.5 Å². The quantitative estimate of drug-likeness (QED) is 0.599. The van der Waals surface area contributed by atoms with Crippen LogP contribution in [-0.4, -0.2) is 12.1 Å². The molecule has 0 aliphatic carbocycles. The van der Waals surface area contributed by atoms with Gasteiger partial charge in [-0.05, 0) is 69.5 Å². The summed E-state index contributed by atoms with van der Waals surface area (Å²) in [6, 6.07) is 18.8. The minimum absolute atomic E-state index is 0.461. The highest BCUT2D eigenvalue weighted by Gasteiger charge is 2.13. The molecule has 0 aliphatic heterocycles. The van der Waals surface area contributed by atoms with Crippen LogP contribution in [0.4, 0.5) is 11.4 Å². The highest BCUT2D eigenvalue weighted by molar-refractivity contribution is 5.49. The predicted octanol–water partition coefficient (Wildman–Crippen LogP) is 6.26. The molecule has 0 atom stereocenters. The van der Waals surface area contributed by atoms with Crippen LogP contribution in [0.2, 0.25) is 0 Å². The first-order valence-electron chi connectivity index (χ1n) is 9.22. The number of benzene rings is 2. The summed E-state index contributed by atoms with van der Waals surface area (Å²) < 4.78 is 0. The molecule has 2 rings (SSSR count). The number of hydrogen-bond donors (Lipinski definition) is 2. The fraction of sp³-hybridized carbons (Fsp3) is 0.455. The predicted molar refractivity (Wildman–Crippen MR) is 107 cm³/mol. The second-order valence-electron chi connectivity index (χ2n) is 7.18. The van der Waals surface area contributed by atoms with Crippen molar-refractivity contribution in [1.29, 1.82) is 0 Å². The summed E-state index contributed by atoms with van der Waals surface area (Å²) in [5, 5.41) is 6.92. The van der Waals surface area contributed by atoms with Gasteiger partial charge >= 0.3 is 0 Å². The van der Waals surface area contributed by atoms with Gasteiger partial charge in [0.25, 0.3) is 0 Å². The van der Waals surface area contributed by atoms with Gasteiger partial charge < -0.3 is 10.6 Å². The van der Waals surface area contributed by atoms with Crippen LogP contribution < -0.4 is 10.6 Å². The average Bonchev–Trinajstić information content (AvgIpc) is 2.53. The van der Waals surface area contributed by atoms with E-state index in [0.29, 0.717) is 18.0 Å². The standard InChI is InChI=1S/C22H32N2/c1-6-7-22(18-8-12-20(13-9-18)23-16(2)3)19-10-14-21(15-11-19)24-17(4)5/h8-17,22-24H,6-7H2,1-5H3. The van der Waals surface area contributed by atoms with Gasteiger partial charge in [-0.15, -0.1) is 0 Å². The second kappa shape index (κ2) is 8.77. The van der Waals surface area contributed by atoms with Gasteiger partial charge in [0.15, 0.2) is 0 Å². The molecule has 0 radical (unpaired) electrons. The summed E-state index contributed by atoms with van der Waals surface area (Å²) in [5.41, 5.74) is 5.19. The van der Waals surface area contributed by atoms with Crippen LogP contribution in [0.1, 0.15) is 64.5 Å². The molecule has 2 aromatic rings. The van der Waals surface area contributed by atoms with Crippen LogP contribution in [0.25, 0.3) is 0 Å². The molecule has 130 valence electrons. The van der Waals surface area contributed by atoms with E-state index in [0.717, 1.165) is 0 Å². The molecular formula is C22H32N2. The molecule has 0 amide bonds. The van der Waals surface area contributed by atoms with Crippen LogP contribution in [0.5, 0.6) is 0 Å². The monoisotopic (exact) mass is 324 g/mol. The summed E-state index contributed by atoms with van der Waals surface area (Å²) in [6.07, 6.45) is 2.36. The van der Waals surface area contributed by atoms with Crippen molar-refractivity contribution in [3.8, 4) is 0 Å². The third-order valence-electron chi connectivity index (χ3n) is 4.11. The lowest BCUT2D eigenvalue weighted by Gasteiger charge is -2.19. The molecule has 0 saturated carbocycles. The Bertz CT molecular complexity index is 543. The van der Waals surface area contributed by atoms with Crippen molar-refractivity contribution < 1.29 is 0 Å². The van der Waals surface area contributed by atoms with E-state index in [1.807, 2.05) is 0 Å². The van der Waals surface area contributed by atoms with Crippen molar-refractivity contribution in [2.24, 2.45) is 0 Å². The highest BCUT2D eigenvalue weighted by atomic mass is 14.9. The summed E-state index contributed by atoms with van der Waals surface area (Å²) in [5.74, 6) is 0.469. The zero-order valence-corrected chi connectivity index (χ0v) is 15.8. The molecule has 0 bridgehead atoms. The minimum Gasteiger partial charge on any atom is -0.383 e. The van der Waals surface area contributed by atoms with Gasteiger partial charge in [-0.1, -0.05) is 37.6 Å². The molecule has 2 heteroatoms. The largest absolute Gasteiger partial charge is 0.383 e. The summed E-state index contributed by atoms with van der Waals surface area (Å²) in [7, 11) is 0. The van der Waals surface area contributed by atoms with Crippen LogP contribution in [0, 0.1) is 0 Å². The summed E-state index contributed by atoms with van der Waals surface area (Å²) in [4.78, 5) is 0. The summed E-state index contributed by atoms with van der Waals surface area (Å²) in [6.45, 7) is 10.9. The van der Waals surface area contributed by atoms with E-state index in [2.05, 4.69) is 93.8 Å². The third-order valence-corrected chi connectivity index (χ3v) is 4.11. The zero-order chi connectivity index (χ0) is 17.5. The topological polar surface area (TPSA) is 24.1 Å². The molecule has 2 N–H and O–H groups in total. The smallest absolute Gasteiger partial charge is 0.0342 e. The summed E-state index contributed by atoms with van der Waals surface area (Å²) >= 11 is 0. The SMILES string of the molecule is CCCC(c1ccc(NC(C)C)cc1)c1ccc(NC(C)C)cc1. The molecular weight excluding hydrogens is 292 g/mol. The Morgan fingerprint density at radius 3 is 1.33 bits per heavy atom. The van der Waals surface area contributed by atoms with Gasteiger partial charge in [-0.2, -0.15) is 0 Å². The Balaban J connectivity index is 2.19. The molecule has 2 nitrogen and oxygen atoms in total. The Morgan fingerprint density at radius 1 is 0.667 bits per heavy atom. The maximum absolute atomic E-state index is 3.46. The first-order valence-corrected chi connectivity index (χ1v) is 9.22. The molecule has 0 aliphatic rings. The Labute approximate surface area is 147 Å². The van der Waals surface area contributed by atoms with Gasteiger partial charge in [0.05, 0.1) is 0 Å². The van der Waals surface area contributed by atoms with Crippen LogP contribution in [0.15, 0.2) is 48.5 Å². The van der Waals surface area contributed by atoms with Gasteiger partial charge in [-0.3, -0.25) is 0 Å². The first-order chi connectivity index (χ1) is 11.5. The highest BCUT2D eigenvalue weighted by Crippen LogP contribution is 2.31. The number of nitrogens with one attached hydrogen (secondary N) is 2. The van der Waals surface area contributed by atoms with Crippen LogP contribution in [-0.2, 0) is 0 Å². The molecule has 0 fully saturated rings. The molecule has 0 unspecified atom stereocenters. The van der Waals surface area contributed by atoms with E-state index in [-0.39, 0.29) is 0 Å². The fourth-order valence-corrected chi connectivity index (χ4v) is 3.10. The van der Waals surface area contributed by atoms with Gasteiger partial charge in [0.2, 0.25) is 0 Å².